The van der Waals surface area contributed by atoms with Gasteiger partial charge in [0, 0.05) is 36.9 Å². The van der Waals surface area contributed by atoms with Crippen LogP contribution < -0.4 is 10.6 Å². The topological polar surface area (TPSA) is 49.6 Å². The van der Waals surface area contributed by atoms with Crippen molar-refractivity contribution in [1.29, 1.82) is 0 Å². The van der Waals surface area contributed by atoms with Crippen LogP contribution in [0.2, 0.25) is 5.02 Å². The van der Waals surface area contributed by atoms with E-state index in [1.807, 2.05) is 29.2 Å². The molecule has 2 rings (SSSR count). The van der Waals surface area contributed by atoms with Gasteiger partial charge in [-0.25, -0.2) is 0 Å². The zero-order chi connectivity index (χ0) is 15.6. The number of anilines is 1. The summed E-state index contributed by atoms with van der Waals surface area (Å²) in [6.45, 7) is 6.50. The first-order chi connectivity index (χ1) is 9.82. The average molecular weight is 326 g/mol. The number of carbonyl (C=O) groups excluding carboxylic acids is 1. The number of nitrogens with zero attached hydrogens (tertiary/aromatic N) is 2. The molecular formula is C15H20ClN3OS. The van der Waals surface area contributed by atoms with Crippen molar-refractivity contribution in [3.8, 4) is 0 Å². The third-order valence-electron chi connectivity index (χ3n) is 3.91. The Morgan fingerprint density at radius 2 is 1.71 bits per heavy atom. The maximum absolute atomic E-state index is 12.5. The molecule has 0 aromatic heterocycles. The van der Waals surface area contributed by atoms with Crippen molar-refractivity contribution < 1.29 is 4.79 Å². The van der Waals surface area contributed by atoms with Crippen LogP contribution in [0, 0.1) is 5.41 Å². The van der Waals surface area contributed by atoms with Crippen LogP contribution in [0.15, 0.2) is 24.3 Å². The molecule has 0 radical (unpaired) electrons. The summed E-state index contributed by atoms with van der Waals surface area (Å²) in [6, 6.07) is 7.76. The standard InChI is InChI=1S/C15H20ClN3OS/c1-15(2,13(17)21)14(20)19-9-7-18(8-10-19)12-5-3-11(16)4-6-12/h3-6H,7-10H2,1-2H3,(H2,17,21). The van der Waals surface area contributed by atoms with Gasteiger partial charge in [-0.05, 0) is 38.1 Å². The molecule has 4 nitrogen and oxygen atoms in total. The fourth-order valence-electron chi connectivity index (χ4n) is 2.32. The molecule has 0 saturated carbocycles. The Labute approximate surface area is 135 Å². The number of thiocarbonyl (C=S) groups is 1. The first-order valence-corrected chi connectivity index (χ1v) is 7.71. The largest absolute Gasteiger partial charge is 0.392 e. The highest BCUT2D eigenvalue weighted by Gasteiger charge is 2.36. The Kier molecular flexibility index (Phi) is 4.74. The highest BCUT2D eigenvalue weighted by molar-refractivity contribution is 7.80. The van der Waals surface area contributed by atoms with Crippen LogP contribution in [0.3, 0.4) is 0 Å². The zero-order valence-electron chi connectivity index (χ0n) is 12.3. The van der Waals surface area contributed by atoms with Crippen LogP contribution in [-0.4, -0.2) is 42.0 Å². The second-order valence-electron chi connectivity index (χ2n) is 5.74. The predicted molar refractivity (Wildman–Crippen MR) is 90.8 cm³/mol. The molecule has 0 bridgehead atoms. The minimum Gasteiger partial charge on any atom is -0.392 e. The number of nitrogens with two attached hydrogens (primary N) is 1. The molecule has 1 aliphatic heterocycles. The van der Waals surface area contributed by atoms with E-state index in [1.54, 1.807) is 13.8 Å². The summed E-state index contributed by atoms with van der Waals surface area (Å²) in [7, 11) is 0. The normalized spacial score (nSPS) is 16.0. The summed E-state index contributed by atoms with van der Waals surface area (Å²) >= 11 is 10.9. The van der Waals surface area contributed by atoms with Gasteiger partial charge in [0.05, 0.1) is 10.4 Å². The Bertz CT molecular complexity index is 536. The van der Waals surface area contributed by atoms with E-state index in [0.717, 1.165) is 23.8 Å². The summed E-state index contributed by atoms with van der Waals surface area (Å²) in [5.74, 6) is 0.00533. The highest BCUT2D eigenvalue weighted by atomic mass is 35.5. The smallest absolute Gasteiger partial charge is 0.235 e. The summed E-state index contributed by atoms with van der Waals surface area (Å²) in [4.78, 5) is 16.8. The number of hydrogen-bond donors (Lipinski definition) is 1. The van der Waals surface area contributed by atoms with E-state index >= 15 is 0 Å². The van der Waals surface area contributed by atoms with Gasteiger partial charge in [-0.3, -0.25) is 4.79 Å². The molecule has 21 heavy (non-hydrogen) atoms. The minimum absolute atomic E-state index is 0.00533. The Hall–Kier alpha value is -1.33. The van der Waals surface area contributed by atoms with Crippen molar-refractivity contribution in [2.75, 3.05) is 31.1 Å². The second kappa shape index (κ2) is 6.20. The molecule has 1 aromatic carbocycles. The number of carbonyl (C=O) groups is 1. The summed E-state index contributed by atoms with van der Waals surface area (Å²) in [5, 5.41) is 0.728. The molecule has 114 valence electrons. The van der Waals surface area contributed by atoms with Gasteiger partial charge in [-0.15, -0.1) is 0 Å². The van der Waals surface area contributed by atoms with Crippen LogP contribution in [0.25, 0.3) is 0 Å². The van der Waals surface area contributed by atoms with E-state index in [2.05, 4.69) is 4.90 Å². The van der Waals surface area contributed by atoms with Gasteiger partial charge in [0.2, 0.25) is 5.91 Å². The Morgan fingerprint density at radius 3 is 2.19 bits per heavy atom. The molecule has 1 aromatic rings. The first-order valence-electron chi connectivity index (χ1n) is 6.92. The lowest BCUT2D eigenvalue weighted by molar-refractivity contribution is -0.137. The SMILES string of the molecule is CC(C)(C(=O)N1CCN(c2ccc(Cl)cc2)CC1)C(N)=S. The average Bonchev–Trinajstić information content (AvgIpc) is 2.47. The van der Waals surface area contributed by atoms with Crippen molar-refractivity contribution >= 4 is 40.4 Å². The van der Waals surface area contributed by atoms with Gasteiger partial charge in [-0.1, -0.05) is 23.8 Å². The van der Waals surface area contributed by atoms with E-state index in [0.29, 0.717) is 13.1 Å². The van der Waals surface area contributed by atoms with Crippen molar-refractivity contribution in [2.24, 2.45) is 11.1 Å². The Balaban J connectivity index is 1.99. The van der Waals surface area contributed by atoms with E-state index in [4.69, 9.17) is 29.6 Å². The minimum atomic E-state index is -0.780. The Morgan fingerprint density at radius 1 is 1.19 bits per heavy atom. The van der Waals surface area contributed by atoms with Gasteiger partial charge in [0.1, 0.15) is 0 Å². The zero-order valence-corrected chi connectivity index (χ0v) is 13.9. The lowest BCUT2D eigenvalue weighted by Crippen LogP contribution is -2.54. The molecule has 2 N–H and O–H groups in total. The summed E-state index contributed by atoms with van der Waals surface area (Å²) in [6.07, 6.45) is 0. The summed E-state index contributed by atoms with van der Waals surface area (Å²) < 4.78 is 0. The third-order valence-corrected chi connectivity index (χ3v) is 4.67. The monoisotopic (exact) mass is 325 g/mol. The maximum atomic E-state index is 12.5. The number of benzene rings is 1. The van der Waals surface area contributed by atoms with Crippen LogP contribution in [0.1, 0.15) is 13.8 Å². The van der Waals surface area contributed by atoms with Crippen LogP contribution in [0.5, 0.6) is 0 Å². The van der Waals surface area contributed by atoms with Gasteiger partial charge in [0.25, 0.3) is 0 Å². The van der Waals surface area contributed by atoms with E-state index in [1.165, 1.54) is 0 Å². The molecule has 0 aliphatic carbocycles. The number of piperazine rings is 1. The molecule has 1 saturated heterocycles. The number of hydrogen-bond acceptors (Lipinski definition) is 3. The first kappa shape index (κ1) is 16.0. The van der Waals surface area contributed by atoms with Crippen LogP contribution in [-0.2, 0) is 4.79 Å². The van der Waals surface area contributed by atoms with Crippen molar-refractivity contribution in [3.63, 3.8) is 0 Å². The van der Waals surface area contributed by atoms with Crippen LogP contribution >= 0.6 is 23.8 Å². The highest BCUT2D eigenvalue weighted by Crippen LogP contribution is 2.23. The quantitative estimate of drug-likeness (QED) is 0.866. The third kappa shape index (κ3) is 3.47. The molecule has 1 aliphatic rings. The van der Waals surface area contributed by atoms with Crippen molar-refractivity contribution in [3.05, 3.63) is 29.3 Å². The molecule has 0 atom stereocenters. The number of amides is 1. The number of rotatable bonds is 3. The summed E-state index contributed by atoms with van der Waals surface area (Å²) in [5.41, 5.74) is 6.02. The maximum Gasteiger partial charge on any atom is 0.235 e. The molecule has 1 heterocycles. The second-order valence-corrected chi connectivity index (χ2v) is 6.62. The lowest BCUT2D eigenvalue weighted by atomic mass is 9.91. The molecule has 0 spiro atoms. The van der Waals surface area contributed by atoms with E-state index in [9.17, 15) is 4.79 Å². The van der Waals surface area contributed by atoms with E-state index < -0.39 is 5.41 Å². The number of halogens is 1. The van der Waals surface area contributed by atoms with Gasteiger partial charge in [0.15, 0.2) is 0 Å². The van der Waals surface area contributed by atoms with E-state index in [-0.39, 0.29) is 10.9 Å². The fourth-order valence-corrected chi connectivity index (χ4v) is 2.53. The van der Waals surface area contributed by atoms with Crippen LogP contribution in [0.4, 0.5) is 5.69 Å². The molecule has 6 heteroatoms. The van der Waals surface area contributed by atoms with Gasteiger partial charge < -0.3 is 15.5 Å². The molecule has 1 amide bonds. The lowest BCUT2D eigenvalue weighted by Gasteiger charge is -2.39. The predicted octanol–water partition coefficient (Wildman–Crippen LogP) is 2.30. The molecular weight excluding hydrogens is 306 g/mol. The van der Waals surface area contributed by atoms with Gasteiger partial charge in [-0.2, -0.15) is 0 Å². The molecule has 1 fully saturated rings. The van der Waals surface area contributed by atoms with Crippen molar-refractivity contribution in [2.45, 2.75) is 13.8 Å². The van der Waals surface area contributed by atoms with Crippen molar-refractivity contribution in [1.82, 2.24) is 4.90 Å². The van der Waals surface area contributed by atoms with Gasteiger partial charge >= 0.3 is 0 Å². The molecule has 0 unspecified atom stereocenters. The fraction of sp³-hybridized carbons (Fsp3) is 0.467.